The van der Waals surface area contributed by atoms with Gasteiger partial charge in [-0.15, -0.1) is 0 Å². The minimum absolute atomic E-state index is 0.215. The first-order valence-corrected chi connectivity index (χ1v) is 11.0. The lowest BCUT2D eigenvalue weighted by Crippen LogP contribution is -2.45. The Balaban J connectivity index is 1.59. The topological polar surface area (TPSA) is 90.7 Å². The van der Waals surface area contributed by atoms with E-state index in [1.54, 1.807) is 24.7 Å². The van der Waals surface area contributed by atoms with Crippen molar-refractivity contribution in [2.45, 2.75) is 13.5 Å². The second-order valence-electron chi connectivity index (χ2n) is 7.72. The maximum atomic E-state index is 15.0. The number of nitrogens with zero attached hydrogens (tertiary/aromatic N) is 6. The Morgan fingerprint density at radius 1 is 1.33 bits per heavy atom. The maximum Gasteiger partial charge on any atom is 0.199 e. The van der Waals surface area contributed by atoms with Crippen LogP contribution >= 0.6 is 12.2 Å². The van der Waals surface area contributed by atoms with Crippen LogP contribution in [-0.2, 0) is 6.54 Å². The fourth-order valence-corrected chi connectivity index (χ4v) is 3.80. The first kappa shape index (κ1) is 22.7. The zero-order valence-electron chi connectivity index (χ0n) is 18.5. The number of anilines is 2. The lowest BCUT2D eigenvalue weighted by molar-refractivity contribution is 0.311. The van der Waals surface area contributed by atoms with Gasteiger partial charge in [-0.1, -0.05) is 0 Å². The van der Waals surface area contributed by atoms with E-state index in [1.165, 1.54) is 12.3 Å². The van der Waals surface area contributed by atoms with E-state index in [9.17, 15) is 9.18 Å². The largest absolute Gasteiger partial charge is 0.352 e. The van der Waals surface area contributed by atoms with Gasteiger partial charge in [0.15, 0.2) is 22.2 Å². The van der Waals surface area contributed by atoms with Crippen LogP contribution in [0.4, 0.5) is 15.9 Å². The van der Waals surface area contributed by atoms with Crippen LogP contribution < -0.4 is 21.1 Å². The molecule has 3 aromatic heterocycles. The van der Waals surface area contributed by atoms with Crippen LogP contribution in [0.3, 0.4) is 0 Å². The average Bonchev–Trinajstić information content (AvgIpc) is 2.82. The van der Waals surface area contributed by atoms with Gasteiger partial charge in [0, 0.05) is 45.1 Å². The van der Waals surface area contributed by atoms with Crippen molar-refractivity contribution in [1.82, 2.24) is 24.9 Å². The van der Waals surface area contributed by atoms with E-state index in [0.717, 1.165) is 13.1 Å². The molecule has 0 bridgehead atoms. The van der Waals surface area contributed by atoms with Gasteiger partial charge in [0.05, 0.1) is 29.0 Å². The number of fused-ring (bicyclic) bond motifs is 1. The summed E-state index contributed by atoms with van der Waals surface area (Å²) in [5, 5.41) is 7.46. The number of rotatable bonds is 5. The van der Waals surface area contributed by atoms with Crippen molar-refractivity contribution in [2.24, 2.45) is 5.10 Å². The summed E-state index contributed by atoms with van der Waals surface area (Å²) in [6, 6.07) is 4.87. The van der Waals surface area contributed by atoms with E-state index >= 15 is 0 Å². The lowest BCUT2D eigenvalue weighted by Gasteiger charge is -2.33. The first-order chi connectivity index (χ1) is 16.0. The summed E-state index contributed by atoms with van der Waals surface area (Å²) in [6.45, 7) is 5.54. The van der Waals surface area contributed by atoms with E-state index in [4.69, 9.17) is 12.2 Å². The molecule has 9 nitrogen and oxygen atoms in total. The monoisotopic (exact) mass is 468 g/mol. The molecule has 4 heterocycles. The number of hydrogen-bond donors (Lipinski definition) is 2. The zero-order valence-corrected chi connectivity index (χ0v) is 19.3. The summed E-state index contributed by atoms with van der Waals surface area (Å²) in [7, 11) is 2.04. The molecule has 11 heteroatoms. The van der Waals surface area contributed by atoms with Crippen molar-refractivity contribution in [3.8, 4) is 0 Å². The summed E-state index contributed by atoms with van der Waals surface area (Å²) in [6.07, 6.45) is 6.33. The number of piperazine rings is 1. The predicted molar refractivity (Wildman–Crippen MR) is 133 cm³/mol. The number of hydrazone groups is 1. The SMILES string of the molecule is CCn1cc(/C=N/NC(=S)Nc2cccnc2)c(=O)c2cc(F)c(N3CCN(C)CC3)nc21. The highest BCUT2D eigenvalue weighted by Gasteiger charge is 2.21. The molecule has 0 spiro atoms. The number of hydrogen-bond acceptors (Lipinski definition) is 7. The first-order valence-electron chi connectivity index (χ1n) is 10.6. The quantitative estimate of drug-likeness (QED) is 0.334. The smallest absolute Gasteiger partial charge is 0.199 e. The molecule has 0 saturated carbocycles. The highest BCUT2D eigenvalue weighted by molar-refractivity contribution is 7.80. The number of pyridine rings is 3. The van der Waals surface area contributed by atoms with Crippen LogP contribution in [0.25, 0.3) is 11.0 Å². The number of likely N-dealkylation sites (N-methyl/N-ethyl adjacent to an activating group) is 1. The standard InChI is InChI=1S/C22H25FN8OS/c1-3-30-14-15(12-25-28-22(33)26-16-5-4-6-24-13-16)19(32)17-11-18(23)21(27-20(17)30)31-9-7-29(2)8-10-31/h4-6,11-14H,3,7-10H2,1-2H3,(H2,26,28,33)/b25-12+. The summed E-state index contributed by atoms with van der Waals surface area (Å²) in [5.41, 5.74) is 3.79. The van der Waals surface area contributed by atoms with Crippen LogP contribution in [0, 0.1) is 5.82 Å². The third kappa shape index (κ3) is 5.15. The molecule has 1 aliphatic rings. The van der Waals surface area contributed by atoms with Crippen LogP contribution in [-0.4, -0.2) is 64.0 Å². The van der Waals surface area contributed by atoms with Crippen molar-refractivity contribution in [3.05, 3.63) is 58.4 Å². The molecule has 0 unspecified atom stereocenters. The summed E-state index contributed by atoms with van der Waals surface area (Å²) in [5.74, 6) is -0.215. The third-order valence-corrected chi connectivity index (χ3v) is 5.64. The van der Waals surface area contributed by atoms with Crippen LogP contribution in [0.15, 0.2) is 46.7 Å². The van der Waals surface area contributed by atoms with Gasteiger partial charge in [-0.3, -0.25) is 15.2 Å². The molecule has 172 valence electrons. The second kappa shape index (κ2) is 10.0. The number of thiocarbonyl (C=S) groups is 1. The van der Waals surface area contributed by atoms with Crippen LogP contribution in [0.2, 0.25) is 0 Å². The molecule has 1 aliphatic heterocycles. The molecule has 1 saturated heterocycles. The number of aromatic nitrogens is 3. The van der Waals surface area contributed by atoms with Gasteiger partial charge in [0.1, 0.15) is 5.65 Å². The lowest BCUT2D eigenvalue weighted by atomic mass is 10.2. The molecule has 2 N–H and O–H groups in total. The molecule has 0 atom stereocenters. The van der Waals surface area contributed by atoms with Crippen molar-refractivity contribution in [3.63, 3.8) is 0 Å². The fourth-order valence-electron chi connectivity index (χ4n) is 3.63. The Morgan fingerprint density at radius 2 is 2.12 bits per heavy atom. The van der Waals surface area contributed by atoms with E-state index in [2.05, 4.69) is 30.7 Å². The number of nitrogens with one attached hydrogen (secondary N) is 2. The van der Waals surface area contributed by atoms with Gasteiger partial charge in [0.2, 0.25) is 0 Å². The zero-order chi connectivity index (χ0) is 23.4. The van der Waals surface area contributed by atoms with Crippen molar-refractivity contribution in [2.75, 3.05) is 43.4 Å². The molecule has 1 fully saturated rings. The molecular formula is C22H25FN8OS. The van der Waals surface area contributed by atoms with Gasteiger partial charge in [-0.25, -0.2) is 9.37 Å². The molecule has 0 amide bonds. The summed E-state index contributed by atoms with van der Waals surface area (Å²) >= 11 is 5.20. The van der Waals surface area contributed by atoms with Crippen LogP contribution in [0.1, 0.15) is 12.5 Å². The van der Waals surface area contributed by atoms with Crippen molar-refractivity contribution < 1.29 is 4.39 Å². The molecule has 0 aromatic carbocycles. The minimum Gasteiger partial charge on any atom is -0.352 e. The van der Waals surface area contributed by atoms with Crippen molar-refractivity contribution >= 4 is 46.1 Å². The Kier molecular flexibility index (Phi) is 6.90. The Bertz CT molecular complexity index is 1240. The summed E-state index contributed by atoms with van der Waals surface area (Å²) in [4.78, 5) is 25.7. The van der Waals surface area contributed by atoms with Gasteiger partial charge < -0.3 is 19.7 Å². The minimum atomic E-state index is -0.499. The third-order valence-electron chi connectivity index (χ3n) is 5.44. The molecule has 4 rings (SSSR count). The van der Waals surface area contributed by atoms with Gasteiger partial charge in [0.25, 0.3) is 0 Å². The summed E-state index contributed by atoms with van der Waals surface area (Å²) < 4.78 is 16.8. The van der Waals surface area contributed by atoms with E-state index in [0.29, 0.717) is 36.5 Å². The second-order valence-corrected chi connectivity index (χ2v) is 8.13. The maximum absolute atomic E-state index is 15.0. The molecule has 0 aliphatic carbocycles. The molecule has 3 aromatic rings. The highest BCUT2D eigenvalue weighted by Crippen LogP contribution is 2.22. The molecule has 0 radical (unpaired) electrons. The molecular weight excluding hydrogens is 443 g/mol. The Morgan fingerprint density at radius 3 is 2.82 bits per heavy atom. The van der Waals surface area contributed by atoms with E-state index in [-0.39, 0.29) is 21.7 Å². The number of halogens is 1. The normalized spacial score (nSPS) is 14.7. The Hall–Kier alpha value is -3.44. The number of aryl methyl sites for hydroxylation is 1. The van der Waals surface area contributed by atoms with Crippen LogP contribution in [0.5, 0.6) is 0 Å². The van der Waals surface area contributed by atoms with Crippen molar-refractivity contribution in [1.29, 1.82) is 0 Å². The van der Waals surface area contributed by atoms with Gasteiger partial charge >= 0.3 is 0 Å². The predicted octanol–water partition coefficient (Wildman–Crippen LogP) is 2.02. The highest BCUT2D eigenvalue weighted by atomic mass is 32.1. The van der Waals surface area contributed by atoms with Gasteiger partial charge in [-0.05, 0) is 44.4 Å². The Labute approximate surface area is 195 Å². The van der Waals surface area contributed by atoms with Gasteiger partial charge in [-0.2, -0.15) is 5.10 Å². The average molecular weight is 469 g/mol. The fraction of sp³-hybridized carbons (Fsp3) is 0.318. The molecule has 33 heavy (non-hydrogen) atoms. The van der Waals surface area contributed by atoms with E-state index in [1.807, 2.05) is 29.5 Å². The van der Waals surface area contributed by atoms with E-state index < -0.39 is 5.82 Å².